The van der Waals surface area contributed by atoms with Crippen LogP contribution < -0.4 is 5.32 Å². The highest BCUT2D eigenvalue weighted by molar-refractivity contribution is 6.17. The SMILES string of the molecule is CCCCNC(=O)/C(C#N)=C\c1cnn(CCCl)c1. The van der Waals surface area contributed by atoms with Gasteiger partial charge in [-0.1, -0.05) is 13.3 Å². The zero-order chi connectivity index (χ0) is 14.1. The van der Waals surface area contributed by atoms with E-state index in [1.54, 1.807) is 17.1 Å². The maximum Gasteiger partial charge on any atom is 0.261 e. The number of rotatable bonds is 7. The molecule has 0 atom stereocenters. The topological polar surface area (TPSA) is 70.7 Å². The summed E-state index contributed by atoms with van der Waals surface area (Å²) in [5.74, 6) is 0.119. The number of aryl methyl sites for hydroxylation is 1. The van der Waals surface area contributed by atoms with Gasteiger partial charge >= 0.3 is 0 Å². The minimum Gasteiger partial charge on any atom is -0.351 e. The van der Waals surface area contributed by atoms with Gasteiger partial charge in [-0.3, -0.25) is 9.48 Å². The predicted molar refractivity (Wildman–Crippen MR) is 74.5 cm³/mol. The van der Waals surface area contributed by atoms with E-state index in [4.69, 9.17) is 16.9 Å². The van der Waals surface area contributed by atoms with E-state index in [0.717, 1.165) is 12.8 Å². The summed E-state index contributed by atoms with van der Waals surface area (Å²) in [4.78, 5) is 11.7. The molecule has 1 aromatic rings. The Hall–Kier alpha value is -1.80. The number of halogens is 1. The molecule has 1 heterocycles. The van der Waals surface area contributed by atoms with Crippen LogP contribution in [0.2, 0.25) is 0 Å². The smallest absolute Gasteiger partial charge is 0.261 e. The molecule has 1 N–H and O–H groups in total. The number of amides is 1. The minimum absolute atomic E-state index is 0.0847. The van der Waals surface area contributed by atoms with Gasteiger partial charge in [0.25, 0.3) is 5.91 Å². The molecule has 0 unspecified atom stereocenters. The zero-order valence-electron chi connectivity index (χ0n) is 10.9. The quantitative estimate of drug-likeness (QED) is 0.359. The van der Waals surface area contributed by atoms with Gasteiger partial charge in [0.05, 0.1) is 12.7 Å². The third kappa shape index (κ3) is 5.14. The van der Waals surface area contributed by atoms with Gasteiger partial charge in [-0.05, 0) is 12.5 Å². The number of nitrogens with zero attached hydrogens (tertiary/aromatic N) is 3. The van der Waals surface area contributed by atoms with E-state index < -0.39 is 0 Å². The zero-order valence-corrected chi connectivity index (χ0v) is 11.7. The van der Waals surface area contributed by atoms with E-state index in [1.807, 2.05) is 13.0 Å². The van der Waals surface area contributed by atoms with Crippen LogP contribution in [0.15, 0.2) is 18.0 Å². The van der Waals surface area contributed by atoms with Crippen molar-refractivity contribution in [2.45, 2.75) is 26.3 Å². The molecule has 0 saturated carbocycles. The Labute approximate surface area is 117 Å². The van der Waals surface area contributed by atoms with E-state index in [1.165, 1.54) is 6.08 Å². The number of carbonyl (C=O) groups is 1. The van der Waals surface area contributed by atoms with Crippen LogP contribution in [0.4, 0.5) is 0 Å². The van der Waals surface area contributed by atoms with Crippen LogP contribution in [0.3, 0.4) is 0 Å². The lowest BCUT2D eigenvalue weighted by molar-refractivity contribution is -0.117. The number of nitriles is 1. The first-order valence-corrected chi connectivity index (χ1v) is 6.73. The lowest BCUT2D eigenvalue weighted by Gasteiger charge is -2.01. The van der Waals surface area contributed by atoms with Crippen LogP contribution in [-0.4, -0.2) is 28.1 Å². The molecule has 102 valence electrons. The molecule has 0 aromatic carbocycles. The van der Waals surface area contributed by atoms with Gasteiger partial charge in [0.1, 0.15) is 11.6 Å². The monoisotopic (exact) mass is 280 g/mol. The first-order valence-electron chi connectivity index (χ1n) is 6.19. The molecule has 0 radical (unpaired) electrons. The van der Waals surface area contributed by atoms with Crippen molar-refractivity contribution < 1.29 is 4.79 Å². The van der Waals surface area contributed by atoms with Gasteiger partial charge in [-0.2, -0.15) is 10.4 Å². The van der Waals surface area contributed by atoms with Crippen LogP contribution >= 0.6 is 11.6 Å². The summed E-state index contributed by atoms with van der Waals surface area (Å²) in [7, 11) is 0. The van der Waals surface area contributed by atoms with E-state index in [0.29, 0.717) is 24.5 Å². The summed E-state index contributed by atoms with van der Waals surface area (Å²) < 4.78 is 1.67. The lowest BCUT2D eigenvalue weighted by Crippen LogP contribution is -2.25. The Kier molecular flexibility index (Phi) is 6.69. The third-order valence-corrected chi connectivity index (χ3v) is 2.63. The van der Waals surface area contributed by atoms with Gasteiger partial charge in [0.2, 0.25) is 0 Å². The second-order valence-electron chi connectivity index (χ2n) is 4.00. The van der Waals surface area contributed by atoms with Crippen molar-refractivity contribution in [3.63, 3.8) is 0 Å². The number of carbonyl (C=O) groups excluding carboxylic acids is 1. The average molecular weight is 281 g/mol. The molecule has 0 saturated heterocycles. The second kappa shape index (κ2) is 8.33. The molecule has 5 nitrogen and oxygen atoms in total. The van der Waals surface area contributed by atoms with Crippen molar-refractivity contribution in [2.24, 2.45) is 0 Å². The molecule has 0 aliphatic heterocycles. The third-order valence-electron chi connectivity index (χ3n) is 2.46. The molecule has 19 heavy (non-hydrogen) atoms. The molecule has 1 rings (SSSR count). The lowest BCUT2D eigenvalue weighted by atomic mass is 10.2. The Morgan fingerprint density at radius 3 is 3.11 bits per heavy atom. The highest BCUT2D eigenvalue weighted by Crippen LogP contribution is 2.06. The van der Waals surface area contributed by atoms with Gasteiger partial charge in [0, 0.05) is 24.2 Å². The molecular formula is C13H17ClN4O. The van der Waals surface area contributed by atoms with Crippen molar-refractivity contribution in [1.29, 1.82) is 5.26 Å². The number of hydrogen-bond donors (Lipinski definition) is 1. The van der Waals surface area contributed by atoms with Crippen molar-refractivity contribution in [3.8, 4) is 6.07 Å². The van der Waals surface area contributed by atoms with Crippen LogP contribution in [0.5, 0.6) is 0 Å². The molecule has 1 aromatic heterocycles. The van der Waals surface area contributed by atoms with Crippen molar-refractivity contribution in [1.82, 2.24) is 15.1 Å². The summed E-state index contributed by atoms with van der Waals surface area (Å²) in [6.45, 7) is 3.22. The van der Waals surface area contributed by atoms with Gasteiger partial charge in [-0.25, -0.2) is 0 Å². The summed E-state index contributed by atoms with van der Waals surface area (Å²) in [6.07, 6.45) is 6.77. The maximum atomic E-state index is 11.7. The second-order valence-corrected chi connectivity index (χ2v) is 4.38. The van der Waals surface area contributed by atoms with Crippen LogP contribution in [0, 0.1) is 11.3 Å². The van der Waals surface area contributed by atoms with Crippen LogP contribution in [-0.2, 0) is 11.3 Å². The normalized spacial score (nSPS) is 11.1. The van der Waals surface area contributed by atoms with E-state index >= 15 is 0 Å². The predicted octanol–water partition coefficient (Wildman–Crippen LogP) is 1.95. The number of hydrogen-bond acceptors (Lipinski definition) is 3. The Balaban J connectivity index is 2.69. The van der Waals surface area contributed by atoms with E-state index in [2.05, 4.69) is 10.4 Å². The molecule has 6 heteroatoms. The van der Waals surface area contributed by atoms with Gasteiger partial charge in [0.15, 0.2) is 0 Å². The standard InChI is InChI=1S/C13H17ClN4O/c1-2-3-5-16-13(19)12(8-15)7-11-9-17-18(10-11)6-4-14/h7,9-10H,2-6H2,1H3,(H,16,19)/b12-7-. The first-order chi connectivity index (χ1) is 9.21. The fraction of sp³-hybridized carbons (Fsp3) is 0.462. The Morgan fingerprint density at radius 1 is 1.68 bits per heavy atom. The highest BCUT2D eigenvalue weighted by atomic mass is 35.5. The number of nitrogens with one attached hydrogen (secondary N) is 1. The molecular weight excluding hydrogens is 264 g/mol. The van der Waals surface area contributed by atoms with Gasteiger partial charge < -0.3 is 5.32 Å². The van der Waals surface area contributed by atoms with E-state index in [-0.39, 0.29) is 11.5 Å². The molecule has 0 bridgehead atoms. The molecule has 0 spiro atoms. The van der Waals surface area contributed by atoms with Crippen LogP contribution in [0.25, 0.3) is 6.08 Å². The van der Waals surface area contributed by atoms with Crippen molar-refractivity contribution in [2.75, 3.05) is 12.4 Å². The van der Waals surface area contributed by atoms with E-state index in [9.17, 15) is 4.79 Å². The molecule has 0 aliphatic carbocycles. The largest absolute Gasteiger partial charge is 0.351 e. The Bertz CT molecular complexity index is 487. The highest BCUT2D eigenvalue weighted by Gasteiger charge is 2.08. The Morgan fingerprint density at radius 2 is 2.47 bits per heavy atom. The molecule has 0 fully saturated rings. The van der Waals surface area contributed by atoms with Gasteiger partial charge in [-0.15, -0.1) is 11.6 Å². The minimum atomic E-state index is -0.346. The van der Waals surface area contributed by atoms with Crippen molar-refractivity contribution in [3.05, 3.63) is 23.5 Å². The first kappa shape index (κ1) is 15.3. The molecule has 0 aliphatic rings. The average Bonchev–Trinajstić information content (AvgIpc) is 2.84. The van der Waals surface area contributed by atoms with Crippen LogP contribution in [0.1, 0.15) is 25.3 Å². The fourth-order valence-corrected chi connectivity index (χ4v) is 1.63. The fourth-order valence-electron chi connectivity index (χ4n) is 1.45. The maximum absolute atomic E-state index is 11.7. The summed E-state index contributed by atoms with van der Waals surface area (Å²) in [5.41, 5.74) is 0.800. The number of aromatic nitrogens is 2. The summed E-state index contributed by atoms with van der Waals surface area (Å²) in [6, 6.07) is 1.90. The number of unbranched alkanes of at least 4 members (excludes halogenated alkanes) is 1. The molecule has 1 amide bonds. The summed E-state index contributed by atoms with van der Waals surface area (Å²) in [5, 5.41) is 15.8. The number of alkyl halides is 1. The summed E-state index contributed by atoms with van der Waals surface area (Å²) >= 11 is 5.61. The van der Waals surface area contributed by atoms with Crippen molar-refractivity contribution >= 4 is 23.6 Å².